The number of nitrogens with zero attached hydrogens (tertiary/aromatic N) is 1. The first-order chi connectivity index (χ1) is 18.4. The molecule has 0 aliphatic carbocycles. The third-order valence-electron chi connectivity index (χ3n) is 7.34. The van der Waals surface area contributed by atoms with E-state index in [1.807, 2.05) is 50.3 Å². The fourth-order valence-corrected chi connectivity index (χ4v) is 5.27. The van der Waals surface area contributed by atoms with Crippen LogP contribution in [0.1, 0.15) is 39.2 Å². The zero-order valence-electron chi connectivity index (χ0n) is 23.6. The molecule has 2 N–H and O–H groups in total. The number of alkyl carbamates (subject to hydrolysis) is 1. The van der Waals surface area contributed by atoms with Crippen molar-refractivity contribution < 1.29 is 33.6 Å². The lowest BCUT2D eigenvalue weighted by molar-refractivity contribution is -0.157. The minimum Gasteiger partial charge on any atom is -0.495 e. The van der Waals surface area contributed by atoms with Gasteiger partial charge in [-0.05, 0) is 43.5 Å². The monoisotopic (exact) mass is 562 g/mol. The normalized spacial score (nSPS) is 32.3. The second-order valence-electron chi connectivity index (χ2n) is 10.2. The Labute approximate surface area is 235 Å². The predicted octanol–water partition coefficient (Wildman–Crippen LogP) is 4.56. The lowest BCUT2D eigenvalue weighted by Crippen LogP contribution is -2.64. The Morgan fingerprint density at radius 2 is 1.92 bits per heavy atom. The van der Waals surface area contributed by atoms with Gasteiger partial charge in [0.05, 0.1) is 25.3 Å². The number of aliphatic hydroxyl groups is 1. The number of benzene rings is 1. The van der Waals surface area contributed by atoms with Crippen LogP contribution in [0.2, 0.25) is 5.02 Å². The van der Waals surface area contributed by atoms with Gasteiger partial charge in [0.15, 0.2) is 5.72 Å². The van der Waals surface area contributed by atoms with Gasteiger partial charge in [0.1, 0.15) is 23.0 Å². The number of allylic oxidation sites excluding steroid dienone is 3. The zero-order valence-corrected chi connectivity index (χ0v) is 24.4. The third kappa shape index (κ3) is 7.03. The molecule has 9 nitrogen and oxygen atoms in total. The van der Waals surface area contributed by atoms with Crippen LogP contribution in [0, 0.1) is 5.92 Å². The Hall–Kier alpha value is -2.85. The average Bonchev–Trinajstić information content (AvgIpc) is 2.90. The highest BCUT2D eigenvalue weighted by molar-refractivity contribution is 6.35. The molecule has 0 saturated carbocycles. The largest absolute Gasteiger partial charge is 0.495 e. The smallest absolute Gasteiger partial charge is 0.409 e. The van der Waals surface area contributed by atoms with E-state index < -0.39 is 30.1 Å². The van der Waals surface area contributed by atoms with Gasteiger partial charge in [0, 0.05) is 33.6 Å². The Bertz CT molecular complexity index is 1160. The highest BCUT2D eigenvalue weighted by atomic mass is 35.5. The van der Waals surface area contributed by atoms with Gasteiger partial charge in [-0.3, -0.25) is 10.1 Å². The van der Waals surface area contributed by atoms with Crippen LogP contribution in [0.3, 0.4) is 0 Å². The first-order valence-electron chi connectivity index (χ1n) is 12.8. The number of fused-ring (bicyclic) bond motifs is 4. The van der Waals surface area contributed by atoms with E-state index in [1.165, 1.54) is 19.1 Å². The number of methoxy groups -OCH3 is 3. The number of amides is 2. The fourth-order valence-electron chi connectivity index (χ4n) is 4.95. The molecule has 1 aromatic carbocycles. The van der Waals surface area contributed by atoms with E-state index in [9.17, 15) is 14.7 Å². The van der Waals surface area contributed by atoms with Crippen molar-refractivity contribution in [2.75, 3.05) is 33.3 Å². The molecular formula is C29H39ClN2O7. The van der Waals surface area contributed by atoms with Crippen molar-refractivity contribution in [1.29, 1.82) is 0 Å². The van der Waals surface area contributed by atoms with Gasteiger partial charge < -0.3 is 29.0 Å². The molecule has 0 aromatic heterocycles. The van der Waals surface area contributed by atoms with Crippen molar-refractivity contribution in [3.8, 4) is 5.75 Å². The summed E-state index contributed by atoms with van der Waals surface area (Å²) in [6.45, 7) is 5.61. The van der Waals surface area contributed by atoms with Gasteiger partial charge in [-0.1, -0.05) is 48.4 Å². The summed E-state index contributed by atoms with van der Waals surface area (Å²) in [6, 6.07) is 3.69. The molecule has 2 aliphatic heterocycles. The van der Waals surface area contributed by atoms with E-state index in [2.05, 4.69) is 5.32 Å². The number of halogens is 1. The summed E-state index contributed by atoms with van der Waals surface area (Å²) in [7, 11) is 6.22. The molecule has 1 fully saturated rings. The minimum atomic E-state index is -1.17. The molecule has 2 amide bonds. The van der Waals surface area contributed by atoms with Crippen LogP contribution in [0.4, 0.5) is 10.5 Å². The van der Waals surface area contributed by atoms with Crippen LogP contribution in [0.5, 0.6) is 5.75 Å². The lowest BCUT2D eigenvalue weighted by atomic mass is 9.88. The van der Waals surface area contributed by atoms with E-state index in [0.717, 1.165) is 11.1 Å². The van der Waals surface area contributed by atoms with Gasteiger partial charge in [0.2, 0.25) is 5.91 Å². The molecule has 0 radical (unpaired) electrons. The quantitative estimate of drug-likeness (QED) is 0.520. The second kappa shape index (κ2) is 13.0. The molecule has 10 heteroatoms. The maximum absolute atomic E-state index is 13.2. The molecule has 5 unspecified atom stereocenters. The van der Waals surface area contributed by atoms with Crippen LogP contribution >= 0.6 is 11.6 Å². The number of carbonyl (C=O) groups excluding carboxylic acids is 2. The molecule has 39 heavy (non-hydrogen) atoms. The highest BCUT2D eigenvalue weighted by Crippen LogP contribution is 2.37. The molecule has 2 aliphatic rings. The fraction of sp³-hybridized carbons (Fsp3) is 0.517. The van der Waals surface area contributed by atoms with E-state index in [4.69, 9.17) is 30.5 Å². The zero-order chi connectivity index (χ0) is 28.9. The van der Waals surface area contributed by atoms with E-state index in [-0.39, 0.29) is 18.2 Å². The summed E-state index contributed by atoms with van der Waals surface area (Å²) in [6.07, 6.45) is 5.33. The van der Waals surface area contributed by atoms with Crippen LogP contribution in [0.25, 0.3) is 0 Å². The van der Waals surface area contributed by atoms with Crippen LogP contribution in [-0.2, 0) is 25.4 Å². The van der Waals surface area contributed by atoms with Crippen LogP contribution in [-0.4, -0.2) is 69.5 Å². The molecular weight excluding hydrogens is 524 g/mol. The Kier molecular flexibility index (Phi) is 10.2. The van der Waals surface area contributed by atoms with E-state index in [0.29, 0.717) is 34.9 Å². The summed E-state index contributed by atoms with van der Waals surface area (Å²) < 4.78 is 22.7. The predicted molar refractivity (Wildman–Crippen MR) is 150 cm³/mol. The van der Waals surface area contributed by atoms with Crippen LogP contribution in [0.15, 0.2) is 47.6 Å². The van der Waals surface area contributed by atoms with Crippen molar-refractivity contribution in [1.82, 2.24) is 5.32 Å². The van der Waals surface area contributed by atoms with Crippen molar-refractivity contribution in [2.45, 2.75) is 64.1 Å². The molecule has 214 valence electrons. The molecule has 1 aromatic rings. The molecule has 2 heterocycles. The molecule has 5 atom stereocenters. The van der Waals surface area contributed by atoms with Gasteiger partial charge in [-0.2, -0.15) is 0 Å². The van der Waals surface area contributed by atoms with Crippen LogP contribution < -0.4 is 15.0 Å². The standard InChI is InChI=1S/C29H39ClN2O7/c1-17-9-8-10-25(37-6)29(38-7)16-24(39-28(35)31-29)19(3)12-18(2)22(33)15-26(34)32(4)21-13-20(11-17)14-23(36-5)27(21)30/h8-10,12-14,19,22,24-25,33H,11,15-16H2,1-7H3,(H,31,35)/b10-8+,17-9+,18-12+. The van der Waals surface area contributed by atoms with Crippen molar-refractivity contribution in [3.05, 3.63) is 58.2 Å². The number of rotatable bonds is 3. The van der Waals surface area contributed by atoms with E-state index in [1.54, 1.807) is 21.1 Å². The summed E-state index contributed by atoms with van der Waals surface area (Å²) >= 11 is 6.58. The maximum Gasteiger partial charge on any atom is 0.409 e. The van der Waals surface area contributed by atoms with Crippen molar-refractivity contribution in [3.63, 3.8) is 0 Å². The molecule has 1 saturated heterocycles. The van der Waals surface area contributed by atoms with Gasteiger partial charge in [0.25, 0.3) is 0 Å². The number of aliphatic hydroxyl groups excluding tert-OH is 1. The maximum atomic E-state index is 13.2. The summed E-state index contributed by atoms with van der Waals surface area (Å²) in [5.74, 6) is -0.145. The molecule has 4 bridgehead atoms. The number of anilines is 1. The topological polar surface area (TPSA) is 107 Å². The van der Waals surface area contributed by atoms with Gasteiger partial charge in [-0.15, -0.1) is 0 Å². The molecule has 0 spiro atoms. The number of carbonyl (C=O) groups is 2. The SMILES string of the molecule is COc1cc2cc(c1Cl)N(C)C(=O)CC(O)/C(C)=C/C(C)C1CC(OC)(NC(=O)O1)C(OC)/C=C/C=C(\C)C2. The Morgan fingerprint density at radius 3 is 2.56 bits per heavy atom. The van der Waals surface area contributed by atoms with Gasteiger partial charge >= 0.3 is 6.09 Å². The number of hydrogen-bond acceptors (Lipinski definition) is 7. The van der Waals surface area contributed by atoms with Crippen molar-refractivity contribution in [2.24, 2.45) is 5.92 Å². The Balaban J connectivity index is 2.10. The summed E-state index contributed by atoms with van der Waals surface area (Å²) in [5.41, 5.74) is 1.83. The van der Waals surface area contributed by atoms with Gasteiger partial charge in [-0.25, -0.2) is 4.79 Å². The van der Waals surface area contributed by atoms with E-state index >= 15 is 0 Å². The lowest BCUT2D eigenvalue weighted by Gasteiger charge is -2.44. The van der Waals surface area contributed by atoms with Crippen molar-refractivity contribution >= 4 is 29.3 Å². The second-order valence-corrected chi connectivity index (χ2v) is 10.5. The number of hydrogen-bond donors (Lipinski definition) is 2. The average molecular weight is 563 g/mol. The summed E-state index contributed by atoms with van der Waals surface area (Å²) in [5, 5.41) is 14.0. The molecule has 3 rings (SSSR count). The number of nitrogens with one attached hydrogen (secondary N) is 1. The minimum absolute atomic E-state index is 0.156. The Morgan fingerprint density at radius 1 is 1.21 bits per heavy atom. The first kappa shape index (κ1) is 30.7. The first-order valence-corrected chi connectivity index (χ1v) is 13.2. The summed E-state index contributed by atoms with van der Waals surface area (Å²) in [4.78, 5) is 27.2. The highest BCUT2D eigenvalue weighted by Gasteiger charge is 2.47. The third-order valence-corrected chi connectivity index (χ3v) is 7.72. The number of ether oxygens (including phenoxy) is 4.